The molecule has 1 aromatic heterocycles. The van der Waals surface area contributed by atoms with Crippen LogP contribution in [0.2, 0.25) is 0 Å². The lowest BCUT2D eigenvalue weighted by molar-refractivity contribution is 0.307. The highest BCUT2D eigenvalue weighted by atomic mass is 16.5. The minimum Gasteiger partial charge on any atom is -0.476 e. The standard InChI is InChI=1S/C13H23N3O/c1-4-9-17-13-11(14)5-6-12(16-13)15-8-7-10(2)3/h5-6,10H,4,7-9,14H2,1-3H3,(H,15,16). The molecule has 1 heterocycles. The third kappa shape index (κ3) is 4.93. The van der Waals surface area contributed by atoms with E-state index in [-0.39, 0.29) is 0 Å². The van der Waals surface area contributed by atoms with E-state index in [0.717, 1.165) is 25.2 Å². The van der Waals surface area contributed by atoms with Crippen LogP contribution in [0.15, 0.2) is 12.1 Å². The molecule has 0 spiro atoms. The fourth-order valence-corrected chi connectivity index (χ4v) is 1.35. The number of nitrogens with two attached hydrogens (primary N) is 1. The average molecular weight is 237 g/mol. The predicted molar refractivity (Wildman–Crippen MR) is 72.4 cm³/mol. The van der Waals surface area contributed by atoms with E-state index >= 15 is 0 Å². The molecule has 3 N–H and O–H groups in total. The molecule has 0 atom stereocenters. The summed E-state index contributed by atoms with van der Waals surface area (Å²) in [6.45, 7) is 8.02. The summed E-state index contributed by atoms with van der Waals surface area (Å²) in [5.74, 6) is 2.04. The molecule has 0 unspecified atom stereocenters. The first-order chi connectivity index (χ1) is 8.13. The quantitative estimate of drug-likeness (QED) is 0.765. The van der Waals surface area contributed by atoms with Crippen molar-refractivity contribution in [1.29, 1.82) is 0 Å². The Morgan fingerprint density at radius 1 is 1.41 bits per heavy atom. The van der Waals surface area contributed by atoms with Crippen molar-refractivity contribution < 1.29 is 4.74 Å². The van der Waals surface area contributed by atoms with Crippen molar-refractivity contribution in [3.05, 3.63) is 12.1 Å². The number of ether oxygens (including phenoxy) is 1. The van der Waals surface area contributed by atoms with Crippen LogP contribution in [-0.2, 0) is 0 Å². The lowest BCUT2D eigenvalue weighted by atomic mass is 10.1. The van der Waals surface area contributed by atoms with Gasteiger partial charge in [-0.2, -0.15) is 4.98 Å². The molecule has 0 aliphatic heterocycles. The Labute approximate surface area is 104 Å². The zero-order chi connectivity index (χ0) is 12.7. The minimum absolute atomic E-state index is 0.529. The fraction of sp³-hybridized carbons (Fsp3) is 0.615. The maximum atomic E-state index is 5.79. The number of nitrogens with one attached hydrogen (secondary N) is 1. The molecule has 0 saturated heterocycles. The van der Waals surface area contributed by atoms with Gasteiger partial charge in [0, 0.05) is 6.54 Å². The van der Waals surface area contributed by atoms with Crippen molar-refractivity contribution in [2.24, 2.45) is 5.92 Å². The number of aromatic nitrogens is 1. The Kier molecular flexibility index (Phi) is 5.60. The topological polar surface area (TPSA) is 60.2 Å². The van der Waals surface area contributed by atoms with Gasteiger partial charge in [0.1, 0.15) is 5.82 Å². The molecule has 0 aliphatic rings. The Bertz CT molecular complexity index is 339. The van der Waals surface area contributed by atoms with Gasteiger partial charge >= 0.3 is 0 Å². The van der Waals surface area contributed by atoms with Crippen molar-refractivity contribution in [3.63, 3.8) is 0 Å². The van der Waals surface area contributed by atoms with Gasteiger partial charge in [-0.05, 0) is 30.9 Å². The van der Waals surface area contributed by atoms with Crippen molar-refractivity contribution >= 4 is 11.5 Å². The second-order valence-corrected chi connectivity index (χ2v) is 4.55. The van der Waals surface area contributed by atoms with Gasteiger partial charge < -0.3 is 15.8 Å². The van der Waals surface area contributed by atoms with Crippen molar-refractivity contribution in [3.8, 4) is 5.88 Å². The van der Waals surface area contributed by atoms with E-state index in [1.807, 2.05) is 12.1 Å². The molecule has 1 rings (SSSR count). The number of nitrogens with zero attached hydrogens (tertiary/aromatic N) is 1. The first-order valence-electron chi connectivity index (χ1n) is 6.26. The molecule has 96 valence electrons. The molecule has 1 aromatic rings. The Morgan fingerprint density at radius 3 is 2.82 bits per heavy atom. The highest BCUT2D eigenvalue weighted by Crippen LogP contribution is 2.21. The van der Waals surface area contributed by atoms with E-state index in [4.69, 9.17) is 10.5 Å². The van der Waals surface area contributed by atoms with E-state index in [0.29, 0.717) is 24.1 Å². The number of anilines is 2. The van der Waals surface area contributed by atoms with Gasteiger partial charge in [-0.25, -0.2) is 0 Å². The van der Waals surface area contributed by atoms with Crippen molar-refractivity contribution in [2.45, 2.75) is 33.6 Å². The van der Waals surface area contributed by atoms with Crippen LogP contribution in [-0.4, -0.2) is 18.1 Å². The summed E-state index contributed by atoms with van der Waals surface area (Å²) >= 11 is 0. The SMILES string of the molecule is CCCOc1nc(NCCC(C)C)ccc1N. The largest absolute Gasteiger partial charge is 0.476 e. The number of hydrogen-bond acceptors (Lipinski definition) is 4. The van der Waals surface area contributed by atoms with Crippen molar-refractivity contribution in [2.75, 3.05) is 24.2 Å². The molecule has 4 nitrogen and oxygen atoms in total. The molecule has 4 heteroatoms. The molecule has 0 saturated carbocycles. The number of nitrogen functional groups attached to an aromatic ring is 1. The third-order valence-corrected chi connectivity index (χ3v) is 2.36. The maximum Gasteiger partial charge on any atom is 0.239 e. The smallest absolute Gasteiger partial charge is 0.239 e. The Hall–Kier alpha value is -1.45. The first-order valence-corrected chi connectivity index (χ1v) is 6.26. The summed E-state index contributed by atoms with van der Waals surface area (Å²) in [5, 5.41) is 3.27. The van der Waals surface area contributed by atoms with Crippen LogP contribution in [0, 0.1) is 5.92 Å². The maximum absolute atomic E-state index is 5.79. The predicted octanol–water partition coefficient (Wildman–Crippen LogP) is 2.91. The van der Waals surface area contributed by atoms with Crippen LogP contribution >= 0.6 is 0 Å². The van der Waals surface area contributed by atoms with Gasteiger partial charge in [-0.15, -0.1) is 0 Å². The Balaban J connectivity index is 2.55. The fourth-order valence-electron chi connectivity index (χ4n) is 1.35. The molecule has 0 radical (unpaired) electrons. The van der Waals surface area contributed by atoms with Gasteiger partial charge in [0.05, 0.1) is 12.3 Å². The van der Waals surface area contributed by atoms with Crippen molar-refractivity contribution in [1.82, 2.24) is 4.98 Å². The summed E-state index contributed by atoms with van der Waals surface area (Å²) in [5.41, 5.74) is 6.38. The van der Waals surface area contributed by atoms with Gasteiger partial charge in [0.2, 0.25) is 5.88 Å². The lowest BCUT2D eigenvalue weighted by Crippen LogP contribution is -2.08. The van der Waals surface area contributed by atoms with E-state index in [9.17, 15) is 0 Å². The molecule has 0 amide bonds. The Morgan fingerprint density at radius 2 is 2.18 bits per heavy atom. The van der Waals surface area contributed by atoms with E-state index in [1.165, 1.54) is 0 Å². The molecule has 0 aromatic carbocycles. The molecule has 17 heavy (non-hydrogen) atoms. The molecule has 0 aliphatic carbocycles. The van der Waals surface area contributed by atoms with Crippen LogP contribution in [0.1, 0.15) is 33.6 Å². The minimum atomic E-state index is 0.529. The zero-order valence-corrected chi connectivity index (χ0v) is 11.0. The van der Waals surface area contributed by atoms with Gasteiger partial charge in [-0.3, -0.25) is 0 Å². The highest BCUT2D eigenvalue weighted by Gasteiger charge is 2.04. The highest BCUT2D eigenvalue weighted by molar-refractivity contribution is 5.53. The summed E-state index contributed by atoms with van der Waals surface area (Å²) in [6, 6.07) is 3.71. The molecular formula is C13H23N3O. The summed E-state index contributed by atoms with van der Waals surface area (Å²) in [4.78, 5) is 4.35. The van der Waals surface area contributed by atoms with Crippen LogP contribution < -0.4 is 15.8 Å². The van der Waals surface area contributed by atoms with E-state index in [2.05, 4.69) is 31.1 Å². The van der Waals surface area contributed by atoms with Crippen LogP contribution in [0.4, 0.5) is 11.5 Å². The van der Waals surface area contributed by atoms with Gasteiger partial charge in [0.15, 0.2) is 0 Å². The number of pyridine rings is 1. The van der Waals surface area contributed by atoms with Crippen LogP contribution in [0.3, 0.4) is 0 Å². The van der Waals surface area contributed by atoms with Gasteiger partial charge in [0.25, 0.3) is 0 Å². The summed E-state index contributed by atoms with van der Waals surface area (Å²) in [6.07, 6.45) is 2.07. The van der Waals surface area contributed by atoms with E-state index in [1.54, 1.807) is 0 Å². The first kappa shape index (κ1) is 13.6. The monoisotopic (exact) mass is 237 g/mol. The molecule has 0 bridgehead atoms. The second kappa shape index (κ2) is 6.99. The van der Waals surface area contributed by atoms with Crippen LogP contribution in [0.25, 0.3) is 0 Å². The second-order valence-electron chi connectivity index (χ2n) is 4.55. The zero-order valence-electron chi connectivity index (χ0n) is 11.0. The number of hydrogen-bond donors (Lipinski definition) is 2. The number of rotatable bonds is 7. The average Bonchev–Trinajstić information content (AvgIpc) is 2.29. The molecular weight excluding hydrogens is 214 g/mol. The summed E-state index contributed by atoms with van der Waals surface area (Å²) in [7, 11) is 0. The molecule has 0 fully saturated rings. The lowest BCUT2D eigenvalue weighted by Gasteiger charge is -2.11. The van der Waals surface area contributed by atoms with Gasteiger partial charge in [-0.1, -0.05) is 20.8 Å². The third-order valence-electron chi connectivity index (χ3n) is 2.36. The summed E-state index contributed by atoms with van der Waals surface area (Å²) < 4.78 is 5.48. The van der Waals surface area contributed by atoms with Crippen LogP contribution in [0.5, 0.6) is 5.88 Å². The normalized spacial score (nSPS) is 10.6. The van der Waals surface area contributed by atoms with E-state index < -0.39 is 0 Å².